The van der Waals surface area contributed by atoms with Crippen LogP contribution >= 0.6 is 0 Å². The molecule has 0 radical (unpaired) electrons. The highest BCUT2D eigenvalue weighted by Crippen LogP contribution is 2.38. The summed E-state index contributed by atoms with van der Waals surface area (Å²) in [5.41, 5.74) is 6.46. The van der Waals surface area contributed by atoms with Gasteiger partial charge in [0.15, 0.2) is 17.2 Å². The van der Waals surface area contributed by atoms with Gasteiger partial charge in [0.25, 0.3) is 5.96 Å². The third kappa shape index (κ3) is 1.17. The van der Waals surface area contributed by atoms with E-state index in [0.29, 0.717) is 22.9 Å². The number of nitrogens with two attached hydrogens (primary N) is 1. The van der Waals surface area contributed by atoms with Gasteiger partial charge in [-0.25, -0.2) is 5.17 Å². The van der Waals surface area contributed by atoms with E-state index in [1.165, 1.54) is 0 Å². The fourth-order valence-corrected chi connectivity index (χ4v) is 1.56. The van der Waals surface area contributed by atoms with Crippen molar-refractivity contribution in [3.8, 4) is 11.5 Å². The zero-order valence-electron chi connectivity index (χ0n) is 7.61. The maximum absolute atomic E-state index is 11.5. The van der Waals surface area contributed by atoms with E-state index in [1.807, 2.05) is 0 Å². The van der Waals surface area contributed by atoms with E-state index in [4.69, 9.17) is 15.2 Å². The van der Waals surface area contributed by atoms with Crippen LogP contribution in [0, 0.1) is 5.21 Å². The monoisotopic (exact) mass is 208 g/mol. The zero-order chi connectivity index (χ0) is 10.4. The average molecular weight is 208 g/mol. The maximum Gasteiger partial charge on any atom is 0.252 e. The van der Waals surface area contributed by atoms with Crippen molar-refractivity contribution < 1.29 is 14.6 Å². The highest BCUT2D eigenvalue weighted by Gasteiger charge is 2.24. The Labute approximate surface area is 84.6 Å². The molecule has 7 heteroatoms. The molecule has 2 aliphatic heterocycles. The Kier molecular flexibility index (Phi) is 1.53. The number of nitrogens with one attached hydrogen (secondary N) is 2. The van der Waals surface area contributed by atoms with Crippen molar-refractivity contribution in [1.29, 1.82) is 0 Å². The Morgan fingerprint density at radius 3 is 2.93 bits per heavy atom. The molecule has 1 aromatic carbocycles. The Morgan fingerprint density at radius 1 is 1.40 bits per heavy atom. The predicted molar refractivity (Wildman–Crippen MR) is 51.8 cm³/mol. The molecule has 4 N–H and O–H groups in total. The van der Waals surface area contributed by atoms with Crippen molar-refractivity contribution in [2.24, 2.45) is 10.8 Å². The van der Waals surface area contributed by atoms with Gasteiger partial charge in [0, 0.05) is 6.07 Å². The van der Waals surface area contributed by atoms with E-state index >= 15 is 0 Å². The van der Waals surface area contributed by atoms with Crippen LogP contribution in [0.1, 0.15) is 0 Å². The van der Waals surface area contributed by atoms with Gasteiger partial charge in [0.2, 0.25) is 6.79 Å². The van der Waals surface area contributed by atoms with Crippen LogP contribution in [-0.2, 0) is 0 Å². The normalized spacial score (nSPS) is 21.7. The minimum Gasteiger partial charge on any atom is -0.601 e. The van der Waals surface area contributed by atoms with Gasteiger partial charge in [-0.15, -0.1) is 0 Å². The first-order valence-electron chi connectivity index (χ1n) is 4.33. The number of guanidine groups is 1. The van der Waals surface area contributed by atoms with E-state index < -0.39 is 0 Å². The number of nitrogens with zero attached hydrogens (tertiary/aromatic N) is 1. The number of hydrogen-bond acceptors (Lipinski definition) is 6. The minimum absolute atomic E-state index is 0.0892. The molecule has 0 aliphatic carbocycles. The number of ether oxygens (including phenoxy) is 2. The number of rotatable bonds is 0. The van der Waals surface area contributed by atoms with Crippen LogP contribution in [0.5, 0.6) is 11.5 Å². The molecule has 1 aromatic rings. The van der Waals surface area contributed by atoms with Gasteiger partial charge in [-0.05, 0) is 5.10 Å². The summed E-state index contributed by atoms with van der Waals surface area (Å²) >= 11 is 0. The molecular formula is C8H8N4O3. The highest BCUT2D eigenvalue weighted by molar-refractivity contribution is 5.96. The SMILES string of the molecule is NC1=N[NH+]([O-])c2cc3c(cc2N1)OCO3. The number of quaternary nitrogens is 1. The average Bonchev–Trinajstić information content (AvgIpc) is 2.61. The van der Waals surface area contributed by atoms with Crippen molar-refractivity contribution in [2.75, 3.05) is 12.1 Å². The predicted octanol–water partition coefficient (Wildman–Crippen LogP) is -0.915. The Balaban J connectivity index is 2.13. The topological polar surface area (TPSA) is 96.4 Å². The first kappa shape index (κ1) is 8.33. The second-order valence-electron chi connectivity index (χ2n) is 3.18. The van der Waals surface area contributed by atoms with Crippen molar-refractivity contribution >= 4 is 17.3 Å². The molecule has 0 bridgehead atoms. The van der Waals surface area contributed by atoms with Crippen molar-refractivity contribution in [3.05, 3.63) is 17.3 Å². The Morgan fingerprint density at radius 2 is 2.13 bits per heavy atom. The lowest BCUT2D eigenvalue weighted by Crippen LogP contribution is -2.98. The van der Waals surface area contributed by atoms with Gasteiger partial charge in [-0.1, -0.05) is 0 Å². The molecule has 7 nitrogen and oxygen atoms in total. The summed E-state index contributed by atoms with van der Waals surface area (Å²) in [4.78, 5) is 0. The molecule has 0 fully saturated rings. The van der Waals surface area contributed by atoms with Crippen LogP contribution in [0.3, 0.4) is 0 Å². The van der Waals surface area contributed by atoms with Gasteiger partial charge in [-0.3, -0.25) is 0 Å². The molecule has 3 rings (SSSR count). The van der Waals surface area contributed by atoms with E-state index in [-0.39, 0.29) is 17.9 Å². The molecule has 15 heavy (non-hydrogen) atoms. The Hall–Kier alpha value is -1.99. The van der Waals surface area contributed by atoms with Crippen LogP contribution < -0.4 is 25.7 Å². The highest BCUT2D eigenvalue weighted by atomic mass is 16.7. The van der Waals surface area contributed by atoms with Crippen LogP contribution in [0.15, 0.2) is 17.2 Å². The van der Waals surface area contributed by atoms with Crippen molar-refractivity contribution in [1.82, 2.24) is 0 Å². The molecule has 78 valence electrons. The Bertz CT molecular complexity index is 459. The van der Waals surface area contributed by atoms with Gasteiger partial charge >= 0.3 is 0 Å². The van der Waals surface area contributed by atoms with Gasteiger partial charge in [0.05, 0.1) is 6.07 Å². The van der Waals surface area contributed by atoms with Crippen LogP contribution in [0.2, 0.25) is 0 Å². The quantitative estimate of drug-likeness (QED) is 0.479. The summed E-state index contributed by atoms with van der Waals surface area (Å²) in [5, 5.41) is 17.5. The lowest BCUT2D eigenvalue weighted by molar-refractivity contribution is -0.783. The van der Waals surface area contributed by atoms with Gasteiger partial charge in [-0.2, -0.15) is 0 Å². The number of hydrogen-bond donors (Lipinski definition) is 3. The van der Waals surface area contributed by atoms with Crippen LogP contribution in [0.25, 0.3) is 0 Å². The molecule has 0 spiro atoms. The number of benzene rings is 1. The van der Waals surface area contributed by atoms with E-state index in [0.717, 1.165) is 0 Å². The summed E-state index contributed by atoms with van der Waals surface area (Å²) in [6.07, 6.45) is 0. The van der Waals surface area contributed by atoms with E-state index in [2.05, 4.69) is 10.4 Å². The van der Waals surface area contributed by atoms with Crippen LogP contribution in [-0.4, -0.2) is 12.8 Å². The summed E-state index contributed by atoms with van der Waals surface area (Å²) in [6.45, 7) is 0.169. The largest absolute Gasteiger partial charge is 0.601 e. The van der Waals surface area contributed by atoms with Crippen molar-refractivity contribution in [3.63, 3.8) is 0 Å². The summed E-state index contributed by atoms with van der Waals surface area (Å²) < 4.78 is 10.3. The molecule has 0 saturated carbocycles. The smallest absolute Gasteiger partial charge is 0.252 e. The molecular weight excluding hydrogens is 200 g/mol. The van der Waals surface area contributed by atoms with Crippen LogP contribution in [0.4, 0.5) is 11.4 Å². The van der Waals surface area contributed by atoms with Gasteiger partial charge < -0.3 is 25.7 Å². The van der Waals surface area contributed by atoms with Crippen molar-refractivity contribution in [2.45, 2.75) is 0 Å². The molecule has 0 saturated heterocycles. The van der Waals surface area contributed by atoms with E-state index in [9.17, 15) is 5.21 Å². The number of anilines is 1. The molecule has 2 aliphatic rings. The summed E-state index contributed by atoms with van der Waals surface area (Å²) in [7, 11) is 0. The zero-order valence-corrected chi connectivity index (χ0v) is 7.61. The fraction of sp³-hybridized carbons (Fsp3) is 0.125. The molecule has 0 aromatic heterocycles. The molecule has 0 amide bonds. The third-order valence-corrected chi connectivity index (χ3v) is 2.23. The second-order valence-corrected chi connectivity index (χ2v) is 3.18. The summed E-state index contributed by atoms with van der Waals surface area (Å²) in [5.74, 6) is 1.25. The molecule has 1 unspecified atom stereocenters. The lowest BCUT2D eigenvalue weighted by Gasteiger charge is -2.23. The third-order valence-electron chi connectivity index (χ3n) is 2.23. The van der Waals surface area contributed by atoms with Gasteiger partial charge in [0.1, 0.15) is 5.69 Å². The second kappa shape index (κ2) is 2.75. The first-order chi connectivity index (χ1) is 7.24. The number of fused-ring (bicyclic) bond motifs is 2. The lowest BCUT2D eigenvalue weighted by atomic mass is 10.2. The molecule has 2 heterocycles. The fourth-order valence-electron chi connectivity index (χ4n) is 1.56. The van der Waals surface area contributed by atoms with E-state index in [1.54, 1.807) is 12.1 Å². The minimum atomic E-state index is -0.375. The standard InChI is InChI=1S/C8H8N4O3/c9-8-10-4-1-6-7(15-3-14-6)2-5(4)12(13)11-8/h1-2,12H,3H2,(H3,9,10,11). The maximum atomic E-state index is 11.5. The molecule has 1 atom stereocenters. The summed E-state index contributed by atoms with van der Waals surface area (Å²) in [6, 6.07) is 3.28. The first-order valence-corrected chi connectivity index (χ1v) is 4.33.